The van der Waals surface area contributed by atoms with E-state index < -0.39 is 24.0 Å². The Morgan fingerprint density at radius 2 is 1.79 bits per heavy atom. The number of aryl methyl sites for hydroxylation is 1. The first-order valence-corrected chi connectivity index (χ1v) is 8.58. The van der Waals surface area contributed by atoms with E-state index >= 15 is 0 Å². The summed E-state index contributed by atoms with van der Waals surface area (Å²) in [6.45, 7) is 1.92. The molecule has 0 spiro atoms. The van der Waals surface area contributed by atoms with Gasteiger partial charge in [0, 0.05) is 11.6 Å². The van der Waals surface area contributed by atoms with Crippen molar-refractivity contribution in [1.82, 2.24) is 10.9 Å². The number of carbonyl (C=O) groups is 2. The number of aliphatic hydroxyl groups excluding tert-OH is 1. The van der Waals surface area contributed by atoms with Crippen molar-refractivity contribution in [2.75, 3.05) is 0 Å². The number of benzene rings is 1. The number of hydrogen-bond acceptors (Lipinski definition) is 4. The minimum absolute atomic E-state index is 0.432. The average molecular weight is 333 g/mol. The van der Waals surface area contributed by atoms with Crippen LogP contribution in [0.4, 0.5) is 0 Å². The number of hydrogen-bond donors (Lipinski definition) is 4. The molecule has 1 aromatic carbocycles. The molecule has 24 heavy (non-hydrogen) atoms. The molecule has 0 heterocycles. The summed E-state index contributed by atoms with van der Waals surface area (Å²) in [5.41, 5.74) is 12.0. The fourth-order valence-corrected chi connectivity index (χ4v) is 3.10. The van der Waals surface area contributed by atoms with E-state index in [0.29, 0.717) is 17.9 Å². The van der Waals surface area contributed by atoms with Crippen molar-refractivity contribution in [1.29, 1.82) is 0 Å². The van der Waals surface area contributed by atoms with Gasteiger partial charge in [-0.05, 0) is 31.4 Å². The molecule has 0 aliphatic heterocycles. The predicted molar refractivity (Wildman–Crippen MR) is 92.0 cm³/mol. The second-order valence-electron chi connectivity index (χ2n) is 6.66. The van der Waals surface area contributed by atoms with Gasteiger partial charge in [-0.2, -0.15) is 0 Å². The summed E-state index contributed by atoms with van der Waals surface area (Å²) in [6, 6.07) is 6.34. The molecule has 2 atom stereocenters. The number of nitrogens with one attached hydrogen (secondary N) is 2. The van der Waals surface area contributed by atoms with Crippen LogP contribution in [0.15, 0.2) is 24.3 Å². The van der Waals surface area contributed by atoms with Crippen molar-refractivity contribution < 1.29 is 14.7 Å². The van der Waals surface area contributed by atoms with Crippen LogP contribution in [0.25, 0.3) is 0 Å². The largest absolute Gasteiger partial charge is 0.382 e. The zero-order valence-corrected chi connectivity index (χ0v) is 14.1. The van der Waals surface area contributed by atoms with E-state index in [9.17, 15) is 14.7 Å². The number of carbonyl (C=O) groups excluding carboxylic acids is 2. The van der Waals surface area contributed by atoms with Crippen LogP contribution < -0.4 is 16.6 Å². The quantitative estimate of drug-likeness (QED) is 0.612. The number of aliphatic hydroxyl groups is 1. The maximum atomic E-state index is 12.0. The van der Waals surface area contributed by atoms with Crippen LogP contribution in [0.2, 0.25) is 0 Å². The second-order valence-corrected chi connectivity index (χ2v) is 6.66. The van der Waals surface area contributed by atoms with Crippen LogP contribution in [-0.4, -0.2) is 29.1 Å². The number of rotatable bonds is 5. The summed E-state index contributed by atoms with van der Waals surface area (Å²) in [4.78, 5) is 23.9. The maximum absolute atomic E-state index is 12.0. The topological polar surface area (TPSA) is 104 Å². The minimum Gasteiger partial charge on any atom is -0.382 e. The lowest BCUT2D eigenvalue weighted by Crippen LogP contribution is -2.52. The fraction of sp³-hybridized carbons (Fsp3) is 0.556. The Kier molecular flexibility index (Phi) is 6.75. The van der Waals surface area contributed by atoms with E-state index in [4.69, 9.17) is 5.73 Å². The van der Waals surface area contributed by atoms with Gasteiger partial charge in [-0.3, -0.25) is 20.4 Å². The Morgan fingerprint density at radius 3 is 2.42 bits per heavy atom. The van der Waals surface area contributed by atoms with Gasteiger partial charge in [0.05, 0.1) is 0 Å². The summed E-state index contributed by atoms with van der Waals surface area (Å²) >= 11 is 0. The molecule has 6 nitrogen and oxygen atoms in total. The Labute approximate surface area is 142 Å². The van der Waals surface area contributed by atoms with Crippen LogP contribution in [0.1, 0.15) is 54.4 Å². The molecule has 2 amide bonds. The molecular formula is C18H27N3O3. The molecule has 0 aromatic heterocycles. The van der Waals surface area contributed by atoms with Crippen molar-refractivity contribution in [2.45, 2.75) is 57.6 Å². The summed E-state index contributed by atoms with van der Waals surface area (Å²) in [7, 11) is 0. The van der Waals surface area contributed by atoms with E-state index in [1.807, 2.05) is 19.1 Å². The molecule has 2 unspecified atom stereocenters. The van der Waals surface area contributed by atoms with E-state index in [1.165, 1.54) is 19.3 Å². The van der Waals surface area contributed by atoms with Crippen LogP contribution in [0.5, 0.6) is 0 Å². The molecule has 1 fully saturated rings. The average Bonchev–Trinajstić information content (AvgIpc) is 2.60. The number of nitrogens with two attached hydrogens (primary N) is 1. The lowest BCUT2D eigenvalue weighted by Gasteiger charge is -2.26. The highest BCUT2D eigenvalue weighted by Gasteiger charge is 2.26. The first-order chi connectivity index (χ1) is 11.5. The van der Waals surface area contributed by atoms with Gasteiger partial charge in [0.2, 0.25) is 0 Å². The smallest absolute Gasteiger partial charge is 0.269 e. The molecule has 1 aromatic rings. The van der Waals surface area contributed by atoms with Crippen LogP contribution in [-0.2, 0) is 4.79 Å². The molecule has 132 valence electrons. The van der Waals surface area contributed by atoms with Gasteiger partial charge in [0.25, 0.3) is 11.8 Å². The Morgan fingerprint density at radius 1 is 1.17 bits per heavy atom. The van der Waals surface area contributed by atoms with E-state index in [-0.39, 0.29) is 0 Å². The summed E-state index contributed by atoms with van der Waals surface area (Å²) in [5, 5.41) is 10.0. The Hall–Kier alpha value is -1.92. The van der Waals surface area contributed by atoms with Crippen molar-refractivity contribution in [3.63, 3.8) is 0 Å². The second kappa shape index (κ2) is 8.80. The monoisotopic (exact) mass is 333 g/mol. The van der Waals surface area contributed by atoms with Crippen LogP contribution >= 0.6 is 0 Å². The summed E-state index contributed by atoms with van der Waals surface area (Å²) < 4.78 is 0. The molecule has 5 N–H and O–H groups in total. The first-order valence-electron chi connectivity index (χ1n) is 8.58. The predicted octanol–water partition coefficient (Wildman–Crippen LogP) is 1.41. The van der Waals surface area contributed by atoms with Crippen molar-refractivity contribution in [3.05, 3.63) is 35.4 Å². The zero-order chi connectivity index (χ0) is 17.5. The highest BCUT2D eigenvalue weighted by molar-refractivity contribution is 5.95. The molecule has 0 radical (unpaired) electrons. The van der Waals surface area contributed by atoms with Crippen molar-refractivity contribution in [3.8, 4) is 0 Å². The molecule has 1 saturated carbocycles. The minimum atomic E-state index is -1.33. The lowest BCUT2D eigenvalue weighted by molar-refractivity contribution is -0.131. The van der Waals surface area contributed by atoms with Gasteiger partial charge in [0.1, 0.15) is 6.10 Å². The number of amides is 2. The third-order valence-corrected chi connectivity index (χ3v) is 4.62. The number of hydrazine groups is 1. The van der Waals surface area contributed by atoms with E-state index in [1.54, 1.807) is 12.1 Å². The molecule has 0 bridgehead atoms. The standard InChI is InChI=1S/C18H27N3O3/c1-12-7-9-14(10-8-12)17(23)20-21-18(24)16(22)15(19)11-13-5-3-2-4-6-13/h7-10,13,15-16,22H,2-6,11,19H2,1H3,(H,20,23)(H,21,24). The molecule has 2 rings (SSSR count). The van der Waals surface area contributed by atoms with Crippen molar-refractivity contribution in [2.24, 2.45) is 11.7 Å². The zero-order valence-electron chi connectivity index (χ0n) is 14.1. The molecule has 0 saturated heterocycles. The molecule has 6 heteroatoms. The third-order valence-electron chi connectivity index (χ3n) is 4.62. The SMILES string of the molecule is Cc1ccc(C(=O)NNC(=O)C(O)C(N)CC2CCCCC2)cc1. The first kappa shape index (κ1) is 18.4. The van der Waals surface area contributed by atoms with Gasteiger partial charge < -0.3 is 10.8 Å². The van der Waals surface area contributed by atoms with Crippen LogP contribution in [0.3, 0.4) is 0 Å². The van der Waals surface area contributed by atoms with Gasteiger partial charge >= 0.3 is 0 Å². The van der Waals surface area contributed by atoms with Crippen LogP contribution in [0, 0.1) is 12.8 Å². The van der Waals surface area contributed by atoms with Crippen molar-refractivity contribution >= 4 is 11.8 Å². The van der Waals surface area contributed by atoms with E-state index in [2.05, 4.69) is 10.9 Å². The Bertz CT molecular complexity index is 553. The summed E-state index contributed by atoms with van der Waals surface area (Å²) in [6.07, 6.45) is 5.13. The normalized spacial score (nSPS) is 17.8. The molecule has 1 aliphatic carbocycles. The molecule has 1 aliphatic rings. The van der Waals surface area contributed by atoms with Gasteiger partial charge in [0.15, 0.2) is 0 Å². The highest BCUT2D eigenvalue weighted by Crippen LogP contribution is 2.27. The fourth-order valence-electron chi connectivity index (χ4n) is 3.10. The highest BCUT2D eigenvalue weighted by atomic mass is 16.3. The lowest BCUT2D eigenvalue weighted by atomic mass is 9.84. The van der Waals surface area contributed by atoms with Gasteiger partial charge in [-0.1, -0.05) is 49.8 Å². The van der Waals surface area contributed by atoms with E-state index in [0.717, 1.165) is 18.4 Å². The van der Waals surface area contributed by atoms with Gasteiger partial charge in [-0.25, -0.2) is 0 Å². The maximum Gasteiger partial charge on any atom is 0.269 e. The third kappa shape index (κ3) is 5.32. The van der Waals surface area contributed by atoms with Gasteiger partial charge in [-0.15, -0.1) is 0 Å². The Balaban J connectivity index is 1.77. The summed E-state index contributed by atoms with van der Waals surface area (Å²) in [5.74, 6) is -0.645. The molecular weight excluding hydrogens is 306 g/mol.